The van der Waals surface area contributed by atoms with Crippen LogP contribution in [0.15, 0.2) is 78.2 Å². The first kappa shape index (κ1) is 16.5. The molecule has 0 aliphatic heterocycles. The molecular weight excluding hydrogens is 280 g/mol. The fraction of sp³-hybridized carbons (Fsp3) is 0.286. The van der Waals surface area contributed by atoms with Gasteiger partial charge < -0.3 is 0 Å². The molecule has 2 aromatic rings. The maximum Gasteiger partial charge on any atom is 0.157 e. The van der Waals surface area contributed by atoms with Crippen LogP contribution in [-0.4, -0.2) is 8.07 Å². The fourth-order valence-electron chi connectivity index (χ4n) is 3.73. The van der Waals surface area contributed by atoms with E-state index in [-0.39, 0.29) is 5.04 Å². The third-order valence-corrected chi connectivity index (χ3v) is 10.6. The summed E-state index contributed by atoms with van der Waals surface area (Å²) < 4.78 is 0. The topological polar surface area (TPSA) is 0 Å². The molecule has 0 unspecified atom stereocenters. The quantitative estimate of drug-likeness (QED) is 0.567. The molecule has 2 aromatic carbocycles. The zero-order valence-electron chi connectivity index (χ0n) is 14.2. The molecule has 0 heterocycles. The van der Waals surface area contributed by atoms with Crippen LogP contribution in [0.5, 0.6) is 0 Å². The summed E-state index contributed by atoms with van der Waals surface area (Å²) in [6.45, 7) is 13.4. The minimum Gasteiger partial charge on any atom is -0.133 e. The molecule has 0 aromatic heterocycles. The molecule has 22 heavy (non-hydrogen) atoms. The smallest absolute Gasteiger partial charge is 0.133 e. The van der Waals surface area contributed by atoms with E-state index >= 15 is 0 Å². The number of rotatable bonds is 4. The molecule has 1 heteroatoms. The third-order valence-electron chi connectivity index (χ3n) is 4.56. The lowest BCUT2D eigenvalue weighted by Gasteiger charge is -2.45. The molecule has 0 N–H and O–H groups in total. The van der Waals surface area contributed by atoms with Crippen LogP contribution in [-0.2, 0) is 0 Å². The number of allylic oxidation sites excluding steroid dienone is 1. The van der Waals surface area contributed by atoms with Gasteiger partial charge in [-0.2, -0.15) is 0 Å². The first-order chi connectivity index (χ1) is 10.5. The van der Waals surface area contributed by atoms with Crippen LogP contribution >= 0.6 is 0 Å². The standard InChI is InChI=1S/C21H26Si/c1-6-18(7-2)22(21(3,4)5,19-14-10-8-11-15-19)20-16-12-9-13-17-20/h8-17H,1,7H2,2-5H3. The first-order valence-electron chi connectivity index (χ1n) is 7.99. The second kappa shape index (κ2) is 6.52. The van der Waals surface area contributed by atoms with E-state index < -0.39 is 8.07 Å². The molecule has 0 saturated carbocycles. The van der Waals surface area contributed by atoms with Crippen LogP contribution in [0.2, 0.25) is 5.04 Å². The molecule has 0 aliphatic carbocycles. The molecule has 0 bridgehead atoms. The lowest BCUT2D eigenvalue weighted by Crippen LogP contribution is -2.65. The van der Waals surface area contributed by atoms with Crippen molar-refractivity contribution in [2.45, 2.75) is 39.2 Å². The summed E-state index contributed by atoms with van der Waals surface area (Å²) in [4.78, 5) is 0. The molecule has 0 amide bonds. The molecule has 0 nitrogen and oxygen atoms in total. The maximum atomic E-state index is 4.03. The van der Waals surface area contributed by atoms with E-state index in [2.05, 4.69) is 101 Å². The average Bonchev–Trinajstić information content (AvgIpc) is 2.53. The van der Waals surface area contributed by atoms with Gasteiger partial charge in [0.05, 0.1) is 0 Å². The summed E-state index contributed by atoms with van der Waals surface area (Å²) >= 11 is 0. The van der Waals surface area contributed by atoms with Gasteiger partial charge in [0.25, 0.3) is 0 Å². The Bertz CT molecular complexity index is 617. The van der Waals surface area contributed by atoms with Gasteiger partial charge in [-0.1, -0.05) is 94.9 Å². The number of benzene rings is 2. The van der Waals surface area contributed by atoms with Gasteiger partial charge in [0, 0.05) is 0 Å². The van der Waals surface area contributed by atoms with E-state index in [0.29, 0.717) is 0 Å². The second-order valence-electron chi connectivity index (χ2n) is 6.74. The van der Waals surface area contributed by atoms with Crippen LogP contribution in [0.1, 0.15) is 34.1 Å². The van der Waals surface area contributed by atoms with Crippen molar-refractivity contribution in [3.8, 4) is 0 Å². The SMILES string of the molecule is C=C=C(CC)[Si](c1ccccc1)(c1ccccc1)C(C)(C)C. The van der Waals surface area contributed by atoms with E-state index in [1.54, 1.807) is 0 Å². The van der Waals surface area contributed by atoms with Crippen molar-refractivity contribution in [2.75, 3.05) is 0 Å². The lowest BCUT2D eigenvalue weighted by molar-refractivity contribution is 0.733. The number of hydrogen-bond donors (Lipinski definition) is 0. The van der Waals surface area contributed by atoms with Crippen molar-refractivity contribution >= 4 is 18.4 Å². The van der Waals surface area contributed by atoms with Gasteiger partial charge >= 0.3 is 0 Å². The molecule has 114 valence electrons. The van der Waals surface area contributed by atoms with E-state index in [0.717, 1.165) is 6.42 Å². The van der Waals surface area contributed by atoms with Crippen molar-refractivity contribution < 1.29 is 0 Å². The minimum atomic E-state index is -2.14. The Morgan fingerprint density at radius 3 is 1.59 bits per heavy atom. The lowest BCUT2D eigenvalue weighted by atomic mass is 10.2. The Hall–Kier alpha value is -1.82. The molecule has 0 radical (unpaired) electrons. The second-order valence-corrected chi connectivity index (χ2v) is 11.5. The van der Waals surface area contributed by atoms with Gasteiger partial charge in [-0.15, -0.1) is 5.73 Å². The normalized spacial score (nSPS) is 11.8. The van der Waals surface area contributed by atoms with Crippen molar-refractivity contribution in [1.82, 2.24) is 0 Å². The van der Waals surface area contributed by atoms with Crippen LogP contribution in [0.3, 0.4) is 0 Å². The van der Waals surface area contributed by atoms with E-state index in [1.165, 1.54) is 15.6 Å². The highest BCUT2D eigenvalue weighted by Crippen LogP contribution is 2.41. The van der Waals surface area contributed by atoms with Gasteiger partial charge in [0.1, 0.15) is 0 Å². The van der Waals surface area contributed by atoms with Gasteiger partial charge in [-0.05, 0) is 27.0 Å². The van der Waals surface area contributed by atoms with E-state index in [4.69, 9.17) is 0 Å². The van der Waals surface area contributed by atoms with Crippen molar-refractivity contribution in [3.05, 3.63) is 78.2 Å². The zero-order valence-corrected chi connectivity index (χ0v) is 15.2. The highest BCUT2D eigenvalue weighted by atomic mass is 28.3. The first-order valence-corrected chi connectivity index (χ1v) is 9.99. The number of hydrogen-bond acceptors (Lipinski definition) is 0. The van der Waals surface area contributed by atoms with Gasteiger partial charge in [0.15, 0.2) is 8.07 Å². The largest absolute Gasteiger partial charge is 0.157 e. The summed E-state index contributed by atoms with van der Waals surface area (Å²) in [6.07, 6.45) is 0.997. The summed E-state index contributed by atoms with van der Waals surface area (Å²) in [6, 6.07) is 22.0. The van der Waals surface area contributed by atoms with Crippen molar-refractivity contribution in [3.63, 3.8) is 0 Å². The van der Waals surface area contributed by atoms with Crippen LogP contribution in [0, 0.1) is 0 Å². The Labute approximate surface area is 136 Å². The van der Waals surface area contributed by atoms with E-state index in [1.807, 2.05) is 0 Å². The highest BCUT2D eigenvalue weighted by molar-refractivity contribution is 7.09. The molecule has 0 aliphatic rings. The molecule has 0 saturated heterocycles. The zero-order chi connectivity index (χ0) is 16.2. The van der Waals surface area contributed by atoms with E-state index in [9.17, 15) is 0 Å². The van der Waals surface area contributed by atoms with Gasteiger partial charge in [0.2, 0.25) is 0 Å². The van der Waals surface area contributed by atoms with Crippen molar-refractivity contribution in [1.29, 1.82) is 0 Å². The molecular formula is C21H26Si. The van der Waals surface area contributed by atoms with Gasteiger partial charge in [-0.25, -0.2) is 0 Å². The molecule has 0 atom stereocenters. The predicted octanol–water partition coefficient (Wildman–Crippen LogP) is 4.71. The van der Waals surface area contributed by atoms with Crippen molar-refractivity contribution in [2.24, 2.45) is 0 Å². The summed E-state index contributed by atoms with van der Waals surface area (Å²) in [5, 5.41) is 4.42. The fourth-order valence-corrected chi connectivity index (χ4v) is 9.58. The Morgan fingerprint density at radius 2 is 1.32 bits per heavy atom. The van der Waals surface area contributed by atoms with Crippen LogP contribution in [0.25, 0.3) is 0 Å². The average molecular weight is 307 g/mol. The Morgan fingerprint density at radius 1 is 0.909 bits per heavy atom. The monoisotopic (exact) mass is 306 g/mol. The molecule has 2 rings (SSSR count). The highest BCUT2D eigenvalue weighted by Gasteiger charge is 2.49. The summed E-state index contributed by atoms with van der Waals surface area (Å²) in [5.41, 5.74) is 3.32. The summed E-state index contributed by atoms with van der Waals surface area (Å²) in [7, 11) is -2.14. The maximum absolute atomic E-state index is 4.03. The Balaban J connectivity index is 2.91. The van der Waals surface area contributed by atoms with Crippen LogP contribution < -0.4 is 10.4 Å². The molecule has 0 spiro atoms. The minimum absolute atomic E-state index is 0.145. The third kappa shape index (κ3) is 2.63. The predicted molar refractivity (Wildman–Crippen MR) is 101 cm³/mol. The van der Waals surface area contributed by atoms with Gasteiger partial charge in [-0.3, -0.25) is 0 Å². The Kier molecular flexibility index (Phi) is 4.90. The summed E-state index contributed by atoms with van der Waals surface area (Å²) in [5.74, 6) is 0. The molecule has 0 fully saturated rings. The van der Waals surface area contributed by atoms with Crippen LogP contribution in [0.4, 0.5) is 0 Å².